The lowest BCUT2D eigenvalue weighted by Gasteiger charge is -2.36. The van der Waals surface area contributed by atoms with E-state index in [2.05, 4.69) is 15.3 Å². The first-order valence-corrected chi connectivity index (χ1v) is 7.24. The third-order valence-electron chi connectivity index (χ3n) is 3.48. The molecule has 3 rings (SSSR count). The summed E-state index contributed by atoms with van der Waals surface area (Å²) >= 11 is 6.06. The summed E-state index contributed by atoms with van der Waals surface area (Å²) in [6.07, 6.45) is 0. The summed E-state index contributed by atoms with van der Waals surface area (Å²) in [7, 11) is 0. The Bertz CT molecular complexity index is 687. The Hall–Kier alpha value is -2.07. The fourth-order valence-electron chi connectivity index (χ4n) is 2.45. The minimum atomic E-state index is -0.721. The first-order chi connectivity index (χ1) is 10.1. The van der Waals surface area contributed by atoms with E-state index in [1.165, 1.54) is 0 Å². The van der Waals surface area contributed by atoms with Crippen LogP contribution in [0.25, 0.3) is 0 Å². The summed E-state index contributed by atoms with van der Waals surface area (Å²) in [4.78, 5) is 8.81. The molecule has 0 aliphatic carbocycles. The molecular weight excluding hydrogens is 286 g/mol. The Balaban J connectivity index is 2.19. The average Bonchev–Trinajstić information content (AvgIpc) is 2.49. The van der Waals surface area contributed by atoms with E-state index in [0.717, 1.165) is 16.9 Å². The molecule has 1 aromatic heterocycles. The van der Waals surface area contributed by atoms with Crippen molar-refractivity contribution in [2.24, 2.45) is 4.99 Å². The number of hydrogen-bond donors (Lipinski definition) is 1. The van der Waals surface area contributed by atoms with Crippen LogP contribution in [-0.2, 0) is 10.3 Å². The normalized spacial score (nSPS) is 22.3. The molecule has 1 N–H and O–H groups in total. The molecule has 0 spiro atoms. The number of halogens is 1. The van der Waals surface area contributed by atoms with Gasteiger partial charge in [-0.2, -0.15) is 0 Å². The second-order valence-electron chi connectivity index (χ2n) is 4.94. The Labute approximate surface area is 128 Å². The summed E-state index contributed by atoms with van der Waals surface area (Å²) in [5, 5.41) is 3.60. The van der Waals surface area contributed by atoms with Crippen LogP contribution in [-0.4, -0.2) is 17.6 Å². The molecule has 0 saturated heterocycles. The Morgan fingerprint density at radius 3 is 2.71 bits per heavy atom. The molecule has 1 unspecified atom stereocenters. The van der Waals surface area contributed by atoms with Crippen molar-refractivity contribution in [2.45, 2.75) is 19.4 Å². The molecule has 1 atom stereocenters. The number of hydrogen-bond acceptors (Lipinski definition) is 3. The summed E-state index contributed by atoms with van der Waals surface area (Å²) in [6.45, 7) is 4.59. The number of amidine groups is 1. The van der Waals surface area contributed by atoms with Gasteiger partial charge in [0, 0.05) is 12.1 Å². The smallest absolute Gasteiger partial charge is 0.290 e. The molecule has 1 aromatic carbocycles. The first kappa shape index (κ1) is 13.9. The van der Waals surface area contributed by atoms with Gasteiger partial charge in [-0.1, -0.05) is 41.9 Å². The standard InChI is InChI=1S/C16H16ClN3O/c1-3-18-15-19-12-9-10-13(17)20-14(12)16(2,21-15)11-7-5-4-6-8-11/h4-10H,3H2,1-2H3,(H,18,19). The minimum absolute atomic E-state index is 0.442. The lowest BCUT2D eigenvalue weighted by molar-refractivity contribution is 0.107. The third kappa shape index (κ3) is 2.47. The van der Waals surface area contributed by atoms with Crippen LogP contribution in [0.15, 0.2) is 47.5 Å². The van der Waals surface area contributed by atoms with Gasteiger partial charge in [0.15, 0.2) is 5.60 Å². The van der Waals surface area contributed by atoms with Gasteiger partial charge in [-0.25, -0.2) is 9.98 Å². The lowest BCUT2D eigenvalue weighted by Crippen LogP contribution is -2.40. The molecule has 0 amide bonds. The summed E-state index contributed by atoms with van der Waals surface area (Å²) in [5.74, 6) is 0. The van der Waals surface area contributed by atoms with Crippen LogP contribution >= 0.6 is 11.6 Å². The van der Waals surface area contributed by atoms with Gasteiger partial charge >= 0.3 is 0 Å². The van der Waals surface area contributed by atoms with Crippen molar-refractivity contribution in [3.8, 4) is 0 Å². The van der Waals surface area contributed by atoms with Crippen LogP contribution in [0.3, 0.4) is 0 Å². The maximum Gasteiger partial charge on any atom is 0.290 e. The molecule has 1 aliphatic rings. The lowest BCUT2D eigenvalue weighted by atomic mass is 9.90. The topological polar surface area (TPSA) is 46.5 Å². The predicted octanol–water partition coefficient (Wildman–Crippen LogP) is 3.82. The highest BCUT2D eigenvalue weighted by Crippen LogP contribution is 2.40. The second kappa shape index (κ2) is 5.37. The largest absolute Gasteiger partial charge is 0.447 e. The molecule has 0 saturated carbocycles. The third-order valence-corrected chi connectivity index (χ3v) is 3.69. The van der Waals surface area contributed by atoms with E-state index < -0.39 is 5.60 Å². The summed E-state index contributed by atoms with van der Waals surface area (Å²) in [5.41, 5.74) is 1.91. The van der Waals surface area contributed by atoms with Crippen LogP contribution in [0.5, 0.6) is 0 Å². The number of nitrogens with zero attached hydrogens (tertiary/aromatic N) is 2. The van der Waals surface area contributed by atoms with E-state index in [0.29, 0.717) is 17.7 Å². The van der Waals surface area contributed by atoms with Crippen molar-refractivity contribution in [1.29, 1.82) is 0 Å². The zero-order chi connectivity index (χ0) is 14.9. The number of aliphatic imine (C=N–C) groups is 1. The number of aromatic nitrogens is 1. The highest BCUT2D eigenvalue weighted by atomic mass is 35.5. The number of ether oxygens (including phenoxy) is 1. The molecule has 0 fully saturated rings. The van der Waals surface area contributed by atoms with Gasteiger partial charge in [0.2, 0.25) is 0 Å². The zero-order valence-electron chi connectivity index (χ0n) is 11.9. The number of rotatable bonds is 2. The van der Waals surface area contributed by atoms with E-state index in [4.69, 9.17) is 16.3 Å². The summed E-state index contributed by atoms with van der Waals surface area (Å²) < 4.78 is 6.10. The van der Waals surface area contributed by atoms with Gasteiger partial charge in [-0.15, -0.1) is 0 Å². The van der Waals surface area contributed by atoms with E-state index in [1.54, 1.807) is 6.07 Å². The number of anilines is 1. The van der Waals surface area contributed by atoms with Crippen molar-refractivity contribution < 1.29 is 4.74 Å². The maximum absolute atomic E-state index is 6.10. The number of fused-ring (bicyclic) bond motifs is 1. The molecule has 21 heavy (non-hydrogen) atoms. The average molecular weight is 302 g/mol. The quantitative estimate of drug-likeness (QED) is 0.858. The van der Waals surface area contributed by atoms with Crippen molar-refractivity contribution in [1.82, 2.24) is 4.98 Å². The van der Waals surface area contributed by atoms with Crippen molar-refractivity contribution in [2.75, 3.05) is 11.9 Å². The minimum Gasteiger partial charge on any atom is -0.447 e. The van der Waals surface area contributed by atoms with Gasteiger partial charge in [0.1, 0.15) is 10.8 Å². The highest BCUT2D eigenvalue weighted by molar-refractivity contribution is 6.29. The molecule has 2 aromatic rings. The van der Waals surface area contributed by atoms with Gasteiger partial charge in [0.25, 0.3) is 6.02 Å². The fraction of sp³-hybridized carbons (Fsp3) is 0.250. The van der Waals surface area contributed by atoms with Crippen molar-refractivity contribution in [3.63, 3.8) is 0 Å². The van der Waals surface area contributed by atoms with Crippen LogP contribution in [0.1, 0.15) is 25.1 Å². The Kier molecular flexibility index (Phi) is 3.55. The maximum atomic E-state index is 6.10. The van der Waals surface area contributed by atoms with Crippen molar-refractivity contribution >= 4 is 23.3 Å². The molecular formula is C16H16ClN3O. The van der Waals surface area contributed by atoms with Crippen molar-refractivity contribution in [3.05, 3.63) is 58.9 Å². The molecule has 108 valence electrons. The van der Waals surface area contributed by atoms with E-state index in [9.17, 15) is 0 Å². The first-order valence-electron chi connectivity index (χ1n) is 6.86. The SMILES string of the molecule is CCN=C1Nc2ccc(Cl)nc2C(C)(c2ccccc2)O1. The van der Waals surface area contributed by atoms with Crippen LogP contribution in [0.2, 0.25) is 5.15 Å². The molecule has 0 bridgehead atoms. The van der Waals surface area contributed by atoms with Gasteiger partial charge in [-0.3, -0.25) is 0 Å². The molecule has 5 heteroatoms. The van der Waals surface area contributed by atoms with Crippen LogP contribution < -0.4 is 5.32 Å². The highest BCUT2D eigenvalue weighted by Gasteiger charge is 2.40. The predicted molar refractivity (Wildman–Crippen MR) is 84.8 cm³/mol. The summed E-state index contributed by atoms with van der Waals surface area (Å²) in [6, 6.07) is 14.1. The number of nitrogens with one attached hydrogen (secondary N) is 1. The molecule has 0 radical (unpaired) electrons. The second-order valence-corrected chi connectivity index (χ2v) is 5.32. The van der Waals surface area contributed by atoms with Gasteiger partial charge in [-0.05, 0) is 26.0 Å². The monoisotopic (exact) mass is 301 g/mol. The molecule has 1 aliphatic heterocycles. The van der Waals surface area contributed by atoms with Gasteiger partial charge in [0.05, 0.1) is 5.69 Å². The van der Waals surface area contributed by atoms with Crippen LogP contribution in [0.4, 0.5) is 5.69 Å². The Morgan fingerprint density at radius 1 is 1.24 bits per heavy atom. The number of benzene rings is 1. The van der Waals surface area contributed by atoms with E-state index in [1.807, 2.05) is 50.2 Å². The van der Waals surface area contributed by atoms with Gasteiger partial charge < -0.3 is 10.1 Å². The zero-order valence-corrected chi connectivity index (χ0v) is 12.7. The number of pyridine rings is 1. The van der Waals surface area contributed by atoms with E-state index in [-0.39, 0.29) is 0 Å². The van der Waals surface area contributed by atoms with Crippen LogP contribution in [0, 0.1) is 0 Å². The molecule has 2 heterocycles. The Morgan fingerprint density at radius 2 is 2.00 bits per heavy atom. The van der Waals surface area contributed by atoms with E-state index >= 15 is 0 Å². The fourth-order valence-corrected chi connectivity index (χ4v) is 2.60. The molecule has 4 nitrogen and oxygen atoms in total.